The van der Waals surface area contributed by atoms with Gasteiger partial charge in [-0.2, -0.15) is 5.10 Å². The van der Waals surface area contributed by atoms with E-state index in [9.17, 15) is 5.11 Å². The van der Waals surface area contributed by atoms with Crippen molar-refractivity contribution in [3.8, 4) is 5.75 Å². The molecule has 2 rings (SSSR count). The lowest BCUT2D eigenvalue weighted by Crippen LogP contribution is -2.35. The van der Waals surface area contributed by atoms with Gasteiger partial charge in [-0.05, 0) is 35.8 Å². The molecule has 1 N–H and O–H groups in total. The van der Waals surface area contributed by atoms with Crippen LogP contribution in [-0.2, 0) is 0 Å². The Labute approximate surface area is 135 Å². The Morgan fingerprint density at radius 3 is 2.50 bits per heavy atom. The van der Waals surface area contributed by atoms with Gasteiger partial charge in [-0.25, -0.2) is 9.67 Å². The minimum absolute atomic E-state index is 0.304. The molecule has 0 amide bonds. The average Bonchev–Trinajstić information content (AvgIpc) is 2.98. The van der Waals surface area contributed by atoms with Gasteiger partial charge in [0.15, 0.2) is 0 Å². The second-order valence-electron chi connectivity index (χ2n) is 6.08. The topological polar surface area (TPSA) is 60.2 Å². The van der Waals surface area contributed by atoms with Crippen LogP contribution < -0.4 is 4.74 Å². The highest BCUT2D eigenvalue weighted by molar-refractivity contribution is 6.30. The molecule has 22 heavy (non-hydrogen) atoms. The Balaban J connectivity index is 2.13. The summed E-state index contributed by atoms with van der Waals surface area (Å²) < 4.78 is 7.15. The molecule has 1 aromatic carbocycles. The fourth-order valence-corrected chi connectivity index (χ4v) is 2.06. The molecular formula is C16H20ClN3O2. The highest BCUT2D eigenvalue weighted by atomic mass is 35.5. The second-order valence-corrected chi connectivity index (χ2v) is 6.51. The van der Waals surface area contributed by atoms with Gasteiger partial charge in [0, 0.05) is 5.02 Å². The van der Waals surface area contributed by atoms with Crippen molar-refractivity contribution in [1.29, 1.82) is 0 Å². The molecular weight excluding hydrogens is 302 g/mol. The third-order valence-electron chi connectivity index (χ3n) is 3.25. The third kappa shape index (κ3) is 4.32. The van der Waals surface area contributed by atoms with Crippen molar-refractivity contribution in [2.45, 2.75) is 32.9 Å². The van der Waals surface area contributed by atoms with E-state index in [4.69, 9.17) is 16.3 Å². The molecule has 0 spiro atoms. The number of halogens is 1. The van der Waals surface area contributed by atoms with Crippen LogP contribution in [0.1, 0.15) is 26.8 Å². The van der Waals surface area contributed by atoms with E-state index in [2.05, 4.69) is 10.1 Å². The monoisotopic (exact) mass is 321 g/mol. The maximum Gasteiger partial charge on any atom is 0.137 e. The molecule has 1 aromatic heterocycles. The van der Waals surface area contributed by atoms with E-state index in [1.165, 1.54) is 6.33 Å². The highest BCUT2D eigenvalue weighted by Gasteiger charge is 2.30. The molecule has 2 atom stereocenters. The molecule has 6 heteroatoms. The zero-order chi connectivity index (χ0) is 16.2. The quantitative estimate of drug-likeness (QED) is 0.857. The first-order valence-electron chi connectivity index (χ1n) is 6.99. The van der Waals surface area contributed by atoms with Gasteiger partial charge in [-0.15, -0.1) is 0 Å². The second kappa shape index (κ2) is 6.94. The molecule has 0 radical (unpaired) electrons. The maximum absolute atomic E-state index is 10.5. The first kappa shape index (κ1) is 16.5. The number of nitrogens with zero attached hydrogens (tertiary/aromatic N) is 3. The van der Waals surface area contributed by atoms with E-state index < -0.39 is 6.10 Å². The molecule has 0 fully saturated rings. The largest absolute Gasteiger partial charge is 0.465 e. The molecule has 0 saturated heterocycles. The van der Waals surface area contributed by atoms with E-state index in [1.807, 2.05) is 20.8 Å². The summed E-state index contributed by atoms with van der Waals surface area (Å²) in [6.45, 7) is 5.90. The summed E-state index contributed by atoms with van der Waals surface area (Å²) >= 11 is 5.83. The summed E-state index contributed by atoms with van der Waals surface area (Å²) in [7, 11) is 0. The summed E-state index contributed by atoms with van der Waals surface area (Å²) in [5, 5.41) is 15.3. The van der Waals surface area contributed by atoms with Crippen molar-refractivity contribution in [3.63, 3.8) is 0 Å². The Morgan fingerprint density at radius 2 is 1.95 bits per heavy atom. The normalized spacial score (nSPS) is 15.0. The number of aliphatic hydroxyl groups excluding tert-OH is 1. The van der Waals surface area contributed by atoms with Crippen molar-refractivity contribution in [2.24, 2.45) is 5.41 Å². The lowest BCUT2D eigenvalue weighted by atomic mass is 9.84. The van der Waals surface area contributed by atoms with Gasteiger partial charge in [0.05, 0.1) is 12.4 Å². The molecule has 2 aromatic rings. The molecule has 0 aliphatic rings. The van der Waals surface area contributed by atoms with Crippen molar-refractivity contribution in [2.75, 3.05) is 0 Å². The fourth-order valence-electron chi connectivity index (χ4n) is 1.93. The van der Waals surface area contributed by atoms with Crippen LogP contribution in [0.3, 0.4) is 0 Å². The minimum atomic E-state index is -0.640. The number of hydrogen-bond donors (Lipinski definition) is 1. The predicted molar refractivity (Wildman–Crippen MR) is 85.7 cm³/mol. The lowest BCUT2D eigenvalue weighted by molar-refractivity contribution is 0.0280. The van der Waals surface area contributed by atoms with Crippen LogP contribution in [0.15, 0.2) is 49.3 Å². The summed E-state index contributed by atoms with van der Waals surface area (Å²) in [5.41, 5.74) is -0.304. The number of benzene rings is 1. The van der Waals surface area contributed by atoms with E-state index in [-0.39, 0.29) is 11.5 Å². The van der Waals surface area contributed by atoms with Gasteiger partial charge in [0.1, 0.15) is 24.4 Å². The molecule has 0 aliphatic heterocycles. The number of aliphatic hydroxyl groups is 1. The van der Waals surface area contributed by atoms with Crippen molar-refractivity contribution < 1.29 is 9.84 Å². The zero-order valence-corrected chi connectivity index (χ0v) is 13.6. The summed E-state index contributed by atoms with van der Waals surface area (Å²) in [6, 6.07) is 6.69. The number of rotatable bonds is 5. The summed E-state index contributed by atoms with van der Waals surface area (Å²) in [4.78, 5) is 3.93. The Kier molecular flexibility index (Phi) is 5.21. The minimum Gasteiger partial charge on any atom is -0.465 e. The first-order chi connectivity index (χ1) is 10.4. The Morgan fingerprint density at radius 1 is 1.27 bits per heavy atom. The molecule has 5 nitrogen and oxygen atoms in total. The van der Waals surface area contributed by atoms with Crippen LogP contribution >= 0.6 is 11.6 Å². The molecule has 0 bridgehead atoms. The standard InChI is InChI=1S/C16H20ClN3O2/c1-16(2,3)15(21)14(20-11-18-10-19-20)8-9-22-13-6-4-12(17)5-7-13/h4-11,14-15,21H,1-3H3. The third-order valence-corrected chi connectivity index (χ3v) is 3.50. The van der Waals surface area contributed by atoms with Crippen LogP contribution in [0.25, 0.3) is 0 Å². The van der Waals surface area contributed by atoms with E-state index in [0.717, 1.165) is 0 Å². The predicted octanol–water partition coefficient (Wildman–Crippen LogP) is 3.47. The van der Waals surface area contributed by atoms with Gasteiger partial charge in [0.25, 0.3) is 0 Å². The van der Waals surface area contributed by atoms with Crippen LogP contribution in [0, 0.1) is 5.41 Å². The van der Waals surface area contributed by atoms with E-state index in [1.54, 1.807) is 47.6 Å². The van der Waals surface area contributed by atoms with Gasteiger partial charge in [-0.1, -0.05) is 32.4 Å². The Bertz CT molecular complexity index is 603. The van der Waals surface area contributed by atoms with Crippen molar-refractivity contribution >= 4 is 11.6 Å². The van der Waals surface area contributed by atoms with E-state index >= 15 is 0 Å². The van der Waals surface area contributed by atoms with Crippen LogP contribution in [0.5, 0.6) is 5.75 Å². The van der Waals surface area contributed by atoms with Crippen LogP contribution in [-0.4, -0.2) is 26.0 Å². The lowest BCUT2D eigenvalue weighted by Gasteiger charge is -2.31. The smallest absolute Gasteiger partial charge is 0.137 e. The van der Waals surface area contributed by atoms with Crippen LogP contribution in [0.2, 0.25) is 5.02 Å². The molecule has 0 saturated carbocycles. The van der Waals surface area contributed by atoms with E-state index in [0.29, 0.717) is 10.8 Å². The van der Waals surface area contributed by atoms with Crippen molar-refractivity contribution in [3.05, 3.63) is 54.3 Å². The van der Waals surface area contributed by atoms with Crippen molar-refractivity contribution in [1.82, 2.24) is 14.8 Å². The molecule has 1 heterocycles. The number of hydrogen-bond acceptors (Lipinski definition) is 4. The average molecular weight is 322 g/mol. The molecule has 118 valence electrons. The van der Waals surface area contributed by atoms with Gasteiger partial charge >= 0.3 is 0 Å². The molecule has 2 unspecified atom stereocenters. The summed E-state index contributed by atoms with van der Waals surface area (Å²) in [6.07, 6.45) is 5.69. The maximum atomic E-state index is 10.5. The van der Waals surface area contributed by atoms with Gasteiger partial charge in [0.2, 0.25) is 0 Å². The Hall–Kier alpha value is -1.85. The van der Waals surface area contributed by atoms with Gasteiger partial charge in [-0.3, -0.25) is 0 Å². The number of ether oxygens (including phenoxy) is 1. The summed E-state index contributed by atoms with van der Waals surface area (Å²) in [5.74, 6) is 0.670. The number of aromatic nitrogens is 3. The SMILES string of the molecule is CC(C)(C)C(O)C(C=COc1ccc(Cl)cc1)n1cncn1. The highest BCUT2D eigenvalue weighted by Crippen LogP contribution is 2.28. The van der Waals surface area contributed by atoms with Gasteiger partial charge < -0.3 is 9.84 Å². The first-order valence-corrected chi connectivity index (χ1v) is 7.37. The van der Waals surface area contributed by atoms with Crippen LogP contribution in [0.4, 0.5) is 0 Å². The molecule has 0 aliphatic carbocycles. The zero-order valence-electron chi connectivity index (χ0n) is 12.8. The fraction of sp³-hybridized carbons (Fsp3) is 0.375.